The first-order chi connectivity index (χ1) is 6.66. The van der Waals surface area contributed by atoms with Gasteiger partial charge in [-0.05, 0) is 19.3 Å². The van der Waals surface area contributed by atoms with Gasteiger partial charge in [0, 0.05) is 19.3 Å². The van der Waals surface area contributed by atoms with Crippen molar-refractivity contribution in [2.45, 2.75) is 45.4 Å². The molecular weight excluding hydrogens is 180 g/mol. The fourth-order valence-electron chi connectivity index (χ4n) is 1.09. The van der Waals surface area contributed by atoms with Crippen LogP contribution in [0.3, 0.4) is 0 Å². The summed E-state index contributed by atoms with van der Waals surface area (Å²) in [5.74, 6) is -0.671. The van der Waals surface area contributed by atoms with Gasteiger partial charge in [-0.1, -0.05) is 19.1 Å². The molecule has 0 aliphatic rings. The molecule has 0 saturated carbocycles. The lowest BCUT2D eigenvalue weighted by Crippen LogP contribution is -2.00. The Hall–Kier alpha value is -1.12. The molecule has 0 atom stereocenters. The maximum Gasteiger partial charge on any atom is 0.303 e. The monoisotopic (exact) mass is 198 g/mol. The second-order valence-electron chi connectivity index (χ2n) is 3.20. The summed E-state index contributed by atoms with van der Waals surface area (Å²) in [6, 6.07) is 0. The van der Waals surface area contributed by atoms with Crippen molar-refractivity contribution in [1.29, 1.82) is 0 Å². The molecule has 0 heterocycles. The molecule has 3 nitrogen and oxygen atoms in total. The van der Waals surface area contributed by atoms with Gasteiger partial charge in [0.05, 0.1) is 0 Å². The minimum Gasteiger partial charge on any atom is -0.481 e. The number of rotatable bonds is 8. The first-order valence-electron chi connectivity index (χ1n) is 5.05. The Morgan fingerprint density at radius 3 is 2.43 bits per heavy atom. The molecule has 0 radical (unpaired) electrons. The highest BCUT2D eigenvalue weighted by molar-refractivity contribution is 5.79. The van der Waals surface area contributed by atoms with Gasteiger partial charge in [-0.3, -0.25) is 9.59 Å². The number of allylic oxidation sites excluding steroid dienone is 2. The van der Waals surface area contributed by atoms with Crippen LogP contribution >= 0.6 is 0 Å². The number of hydrogen-bond acceptors (Lipinski definition) is 2. The van der Waals surface area contributed by atoms with Gasteiger partial charge in [0.1, 0.15) is 5.78 Å². The summed E-state index contributed by atoms with van der Waals surface area (Å²) in [6.45, 7) is 2.05. The lowest BCUT2D eigenvalue weighted by atomic mass is 10.1. The molecule has 0 saturated heterocycles. The molecule has 0 aromatic heterocycles. The second-order valence-corrected chi connectivity index (χ2v) is 3.20. The van der Waals surface area contributed by atoms with Crippen LogP contribution in [-0.4, -0.2) is 16.9 Å². The summed E-state index contributed by atoms with van der Waals surface area (Å²) in [5, 5.41) is 8.35. The number of aliphatic carboxylic acids is 1. The molecule has 0 bridgehead atoms. The van der Waals surface area contributed by atoms with Gasteiger partial charge < -0.3 is 5.11 Å². The maximum absolute atomic E-state index is 11.2. The van der Waals surface area contributed by atoms with Gasteiger partial charge in [-0.2, -0.15) is 0 Å². The number of hydrogen-bond donors (Lipinski definition) is 1. The number of carbonyl (C=O) groups excluding carboxylic acids is 1. The number of carboxylic acid groups (broad SMARTS) is 1. The van der Waals surface area contributed by atoms with Crippen molar-refractivity contribution >= 4 is 11.8 Å². The van der Waals surface area contributed by atoms with Gasteiger partial charge >= 0.3 is 5.97 Å². The highest BCUT2D eigenvalue weighted by Gasteiger charge is 2.02. The molecule has 80 valence electrons. The third kappa shape index (κ3) is 8.97. The molecule has 0 aliphatic heterocycles. The zero-order valence-electron chi connectivity index (χ0n) is 8.66. The molecule has 0 aromatic carbocycles. The first-order valence-corrected chi connectivity index (χ1v) is 5.05. The molecule has 0 unspecified atom stereocenters. The fraction of sp³-hybridized carbons (Fsp3) is 0.636. The van der Waals surface area contributed by atoms with E-state index >= 15 is 0 Å². The average molecular weight is 198 g/mol. The van der Waals surface area contributed by atoms with Crippen molar-refractivity contribution in [3.05, 3.63) is 12.2 Å². The van der Waals surface area contributed by atoms with Gasteiger partial charge in [0.2, 0.25) is 0 Å². The van der Waals surface area contributed by atoms with Crippen molar-refractivity contribution in [3.8, 4) is 0 Å². The Labute approximate surface area is 84.8 Å². The standard InChI is InChI=1S/C11H18O3/c1-2-3-4-5-7-10(12)8-6-9-11(13)14/h3-4H,2,5-9H2,1H3,(H,13,14)/b4-3-. The summed E-state index contributed by atoms with van der Waals surface area (Å²) >= 11 is 0. The molecule has 0 aliphatic carbocycles. The molecule has 0 spiro atoms. The van der Waals surface area contributed by atoms with E-state index < -0.39 is 5.97 Å². The number of carboxylic acids is 1. The predicted octanol–water partition coefficient (Wildman–Crippen LogP) is 2.56. The molecule has 1 N–H and O–H groups in total. The average Bonchev–Trinajstić information content (AvgIpc) is 2.12. The normalized spacial score (nSPS) is 10.6. The Kier molecular flexibility index (Phi) is 7.80. The van der Waals surface area contributed by atoms with Crippen LogP contribution in [0.15, 0.2) is 12.2 Å². The summed E-state index contributed by atoms with van der Waals surface area (Å²) < 4.78 is 0. The largest absolute Gasteiger partial charge is 0.481 e. The van der Waals surface area contributed by atoms with Crippen LogP contribution in [0, 0.1) is 0 Å². The molecule has 0 rings (SSSR count). The highest BCUT2D eigenvalue weighted by atomic mass is 16.4. The van der Waals surface area contributed by atoms with Crippen LogP contribution in [0.4, 0.5) is 0 Å². The highest BCUT2D eigenvalue weighted by Crippen LogP contribution is 2.02. The zero-order valence-corrected chi connectivity index (χ0v) is 8.66. The van der Waals surface area contributed by atoms with Crippen LogP contribution in [0.2, 0.25) is 0 Å². The van der Waals surface area contributed by atoms with E-state index in [4.69, 9.17) is 5.11 Å². The SMILES string of the molecule is CC/C=C\CCC(=O)CCCC(=O)O. The van der Waals surface area contributed by atoms with Crippen LogP contribution in [0.5, 0.6) is 0 Å². The van der Waals surface area contributed by atoms with E-state index in [1.807, 2.05) is 19.1 Å². The van der Waals surface area contributed by atoms with Crippen LogP contribution in [0.25, 0.3) is 0 Å². The van der Waals surface area contributed by atoms with E-state index in [0.717, 1.165) is 12.8 Å². The minimum atomic E-state index is -0.830. The number of Topliss-reactive ketones (excluding diaryl/α,β-unsaturated/α-hetero) is 1. The van der Waals surface area contributed by atoms with Crippen molar-refractivity contribution < 1.29 is 14.7 Å². The summed E-state index contributed by atoms with van der Waals surface area (Å²) in [5.41, 5.74) is 0. The van der Waals surface area contributed by atoms with Crippen LogP contribution < -0.4 is 0 Å². The van der Waals surface area contributed by atoms with E-state index in [9.17, 15) is 9.59 Å². The number of carbonyl (C=O) groups is 2. The minimum absolute atomic E-state index is 0.0938. The van der Waals surface area contributed by atoms with Gasteiger partial charge in [0.25, 0.3) is 0 Å². The van der Waals surface area contributed by atoms with E-state index in [0.29, 0.717) is 19.3 Å². The summed E-state index contributed by atoms with van der Waals surface area (Å²) in [6.07, 6.45) is 7.29. The molecule has 14 heavy (non-hydrogen) atoms. The van der Waals surface area contributed by atoms with Gasteiger partial charge in [-0.15, -0.1) is 0 Å². The maximum atomic E-state index is 11.2. The van der Waals surface area contributed by atoms with Gasteiger partial charge in [-0.25, -0.2) is 0 Å². The Morgan fingerprint density at radius 1 is 1.14 bits per heavy atom. The lowest BCUT2D eigenvalue weighted by molar-refractivity contribution is -0.137. The Balaban J connectivity index is 3.37. The molecule has 0 aromatic rings. The van der Waals surface area contributed by atoms with E-state index in [1.165, 1.54) is 0 Å². The lowest BCUT2D eigenvalue weighted by Gasteiger charge is -1.96. The fourth-order valence-corrected chi connectivity index (χ4v) is 1.09. The van der Waals surface area contributed by atoms with E-state index in [2.05, 4.69) is 0 Å². The van der Waals surface area contributed by atoms with Crippen molar-refractivity contribution in [2.75, 3.05) is 0 Å². The quantitative estimate of drug-likeness (QED) is 0.610. The van der Waals surface area contributed by atoms with Gasteiger partial charge in [0.15, 0.2) is 0 Å². The zero-order chi connectivity index (χ0) is 10.8. The summed E-state index contributed by atoms with van der Waals surface area (Å²) in [7, 11) is 0. The smallest absolute Gasteiger partial charge is 0.303 e. The summed E-state index contributed by atoms with van der Waals surface area (Å²) in [4.78, 5) is 21.3. The van der Waals surface area contributed by atoms with E-state index in [1.54, 1.807) is 0 Å². The topological polar surface area (TPSA) is 54.4 Å². The van der Waals surface area contributed by atoms with E-state index in [-0.39, 0.29) is 12.2 Å². The van der Waals surface area contributed by atoms with Crippen molar-refractivity contribution in [3.63, 3.8) is 0 Å². The van der Waals surface area contributed by atoms with Crippen molar-refractivity contribution in [2.24, 2.45) is 0 Å². The molecule has 0 amide bonds. The number of ketones is 1. The van der Waals surface area contributed by atoms with Crippen LogP contribution in [0.1, 0.15) is 45.4 Å². The Morgan fingerprint density at radius 2 is 1.86 bits per heavy atom. The second kappa shape index (κ2) is 8.48. The van der Waals surface area contributed by atoms with Crippen molar-refractivity contribution in [1.82, 2.24) is 0 Å². The molecule has 3 heteroatoms. The first kappa shape index (κ1) is 12.9. The molecular formula is C11H18O3. The Bertz CT molecular complexity index is 207. The molecule has 0 fully saturated rings. The third-order valence-electron chi connectivity index (χ3n) is 1.84. The van der Waals surface area contributed by atoms with Crippen LogP contribution in [-0.2, 0) is 9.59 Å². The third-order valence-corrected chi connectivity index (χ3v) is 1.84. The predicted molar refractivity (Wildman–Crippen MR) is 55.2 cm³/mol.